The highest BCUT2D eigenvalue weighted by Crippen LogP contribution is 2.17. The maximum absolute atomic E-state index is 12.6. The Bertz CT molecular complexity index is 764. The van der Waals surface area contributed by atoms with E-state index in [4.69, 9.17) is 15.2 Å². The number of esters is 2. The summed E-state index contributed by atoms with van der Waals surface area (Å²) in [5.41, 5.74) is 5.80. The van der Waals surface area contributed by atoms with Gasteiger partial charge in [0.25, 0.3) is 0 Å². The van der Waals surface area contributed by atoms with Gasteiger partial charge in [0.05, 0.1) is 6.61 Å². The summed E-state index contributed by atoms with van der Waals surface area (Å²) in [4.78, 5) is 31.2. The summed E-state index contributed by atoms with van der Waals surface area (Å²) < 4.78 is 11.3. The highest BCUT2D eigenvalue weighted by molar-refractivity contribution is 5.77. The molecule has 49 heavy (non-hydrogen) atoms. The lowest BCUT2D eigenvalue weighted by atomic mass is 10.0. The van der Waals surface area contributed by atoms with Crippen LogP contribution in [0.5, 0.6) is 0 Å². The predicted molar refractivity (Wildman–Crippen MR) is 209 cm³/mol. The van der Waals surface area contributed by atoms with Crippen LogP contribution in [-0.4, -0.2) is 68.7 Å². The summed E-state index contributed by atoms with van der Waals surface area (Å²) in [6, 6.07) is 0. The minimum Gasteiger partial charge on any atom is -0.466 e. The van der Waals surface area contributed by atoms with Gasteiger partial charge in [0.2, 0.25) is 0 Å². The largest absolute Gasteiger partial charge is 0.466 e. The average molecular weight is 695 g/mol. The standard InChI is InChI=1S/C41H82N4O4/c1-5-8-11-13-20-27-37-48-39(46)31-23-16-14-18-25-34-45(36-28-33-44-41(42)43-4)35-26-19-15-17-24-32-40(47)49-38(29-21-10-7-3)30-22-12-9-6-2/h38H,5-37H2,1-4H3,(H3,42,43,44). The first-order chi connectivity index (χ1) is 24.0. The van der Waals surface area contributed by atoms with E-state index in [1.54, 1.807) is 7.05 Å². The van der Waals surface area contributed by atoms with Crippen molar-refractivity contribution in [1.29, 1.82) is 0 Å². The Morgan fingerprint density at radius 3 is 1.63 bits per heavy atom. The molecule has 0 heterocycles. The third-order valence-corrected chi connectivity index (χ3v) is 9.48. The molecule has 0 spiro atoms. The van der Waals surface area contributed by atoms with Crippen LogP contribution in [0.1, 0.15) is 201 Å². The second-order valence-electron chi connectivity index (χ2n) is 14.2. The minimum atomic E-state index is -0.0263. The first-order valence-corrected chi connectivity index (χ1v) is 21.0. The summed E-state index contributed by atoms with van der Waals surface area (Å²) in [5, 5.41) is 3.18. The van der Waals surface area contributed by atoms with Crippen LogP contribution in [0.15, 0.2) is 4.99 Å². The van der Waals surface area contributed by atoms with Crippen molar-refractivity contribution in [3.05, 3.63) is 0 Å². The number of carbonyl (C=O) groups is 2. The van der Waals surface area contributed by atoms with E-state index in [1.807, 2.05) is 0 Å². The molecule has 0 aromatic rings. The second kappa shape index (κ2) is 37.4. The first kappa shape index (κ1) is 47.2. The second-order valence-corrected chi connectivity index (χ2v) is 14.2. The molecular weight excluding hydrogens is 612 g/mol. The SMILES string of the molecule is CCCCCCCCOC(=O)CCCCCCCN(CCCCCCCC(=O)OC(CCCCC)CCCCCC)CCCNC(N)=NC. The number of rotatable bonds is 37. The first-order valence-electron chi connectivity index (χ1n) is 21.0. The van der Waals surface area contributed by atoms with Crippen LogP contribution in [-0.2, 0) is 19.1 Å². The van der Waals surface area contributed by atoms with Gasteiger partial charge in [0.15, 0.2) is 5.96 Å². The Morgan fingerprint density at radius 1 is 0.592 bits per heavy atom. The van der Waals surface area contributed by atoms with Crippen LogP contribution in [0.25, 0.3) is 0 Å². The van der Waals surface area contributed by atoms with Crippen LogP contribution in [0.3, 0.4) is 0 Å². The third-order valence-electron chi connectivity index (χ3n) is 9.48. The van der Waals surface area contributed by atoms with Gasteiger partial charge in [0.1, 0.15) is 6.10 Å². The average Bonchev–Trinajstić information content (AvgIpc) is 3.10. The Kier molecular flexibility index (Phi) is 36.0. The van der Waals surface area contributed by atoms with Crippen molar-refractivity contribution in [2.45, 2.75) is 207 Å². The molecule has 8 heteroatoms. The molecule has 0 radical (unpaired) electrons. The van der Waals surface area contributed by atoms with Gasteiger partial charge in [-0.3, -0.25) is 14.6 Å². The van der Waals surface area contributed by atoms with Gasteiger partial charge < -0.3 is 25.4 Å². The highest BCUT2D eigenvalue weighted by atomic mass is 16.5. The van der Waals surface area contributed by atoms with Crippen LogP contribution in [0, 0.1) is 0 Å². The molecule has 0 amide bonds. The summed E-state index contributed by atoms with van der Waals surface area (Å²) in [7, 11) is 1.71. The van der Waals surface area contributed by atoms with E-state index in [0.29, 0.717) is 25.4 Å². The molecule has 0 aromatic heterocycles. The van der Waals surface area contributed by atoms with E-state index < -0.39 is 0 Å². The van der Waals surface area contributed by atoms with Crippen LogP contribution in [0.2, 0.25) is 0 Å². The molecule has 0 aromatic carbocycles. The molecule has 3 N–H and O–H groups in total. The number of hydrogen-bond acceptors (Lipinski definition) is 6. The van der Waals surface area contributed by atoms with Gasteiger partial charge >= 0.3 is 11.9 Å². The summed E-state index contributed by atoms with van der Waals surface area (Å²) in [6.45, 7) is 11.4. The molecule has 0 fully saturated rings. The fourth-order valence-corrected chi connectivity index (χ4v) is 6.27. The van der Waals surface area contributed by atoms with Crippen molar-refractivity contribution in [1.82, 2.24) is 10.2 Å². The molecule has 0 saturated carbocycles. The van der Waals surface area contributed by atoms with Gasteiger partial charge in [-0.15, -0.1) is 0 Å². The monoisotopic (exact) mass is 695 g/mol. The number of ether oxygens (including phenoxy) is 2. The van der Waals surface area contributed by atoms with E-state index in [1.165, 1.54) is 109 Å². The lowest BCUT2D eigenvalue weighted by Crippen LogP contribution is -2.35. The van der Waals surface area contributed by atoms with Crippen molar-refractivity contribution in [3.63, 3.8) is 0 Å². The van der Waals surface area contributed by atoms with Gasteiger partial charge in [-0.2, -0.15) is 0 Å². The number of nitrogens with one attached hydrogen (secondary N) is 1. The van der Waals surface area contributed by atoms with E-state index in [-0.39, 0.29) is 18.0 Å². The predicted octanol–water partition coefficient (Wildman–Crippen LogP) is 10.3. The molecule has 0 rings (SSSR count). The van der Waals surface area contributed by atoms with E-state index in [9.17, 15) is 9.59 Å². The topological polar surface area (TPSA) is 106 Å². The smallest absolute Gasteiger partial charge is 0.306 e. The Balaban J connectivity index is 4.19. The molecule has 290 valence electrons. The zero-order valence-electron chi connectivity index (χ0n) is 33.0. The van der Waals surface area contributed by atoms with Crippen molar-refractivity contribution in [2.24, 2.45) is 10.7 Å². The van der Waals surface area contributed by atoms with Gasteiger partial charge in [-0.1, -0.05) is 124 Å². The highest BCUT2D eigenvalue weighted by Gasteiger charge is 2.14. The number of aliphatic imine (C=N–C) groups is 1. The van der Waals surface area contributed by atoms with Gasteiger partial charge in [0, 0.05) is 26.4 Å². The molecule has 0 bridgehead atoms. The fourth-order valence-electron chi connectivity index (χ4n) is 6.27. The van der Waals surface area contributed by atoms with E-state index >= 15 is 0 Å². The Labute approximate surface area is 303 Å². The van der Waals surface area contributed by atoms with Crippen LogP contribution < -0.4 is 11.1 Å². The quantitative estimate of drug-likeness (QED) is 0.0288. The summed E-state index contributed by atoms with van der Waals surface area (Å²) >= 11 is 0. The van der Waals surface area contributed by atoms with Crippen LogP contribution >= 0.6 is 0 Å². The van der Waals surface area contributed by atoms with Gasteiger partial charge in [-0.05, 0) is 83.8 Å². The molecule has 0 aliphatic rings. The lowest BCUT2D eigenvalue weighted by molar-refractivity contribution is -0.150. The number of unbranched alkanes of at least 4 members (excludes halogenated alkanes) is 18. The molecular formula is C41H82N4O4. The maximum Gasteiger partial charge on any atom is 0.306 e. The van der Waals surface area contributed by atoms with E-state index in [2.05, 4.69) is 36.0 Å². The maximum atomic E-state index is 12.6. The van der Waals surface area contributed by atoms with Gasteiger partial charge in [-0.25, -0.2) is 0 Å². The van der Waals surface area contributed by atoms with Crippen molar-refractivity contribution < 1.29 is 19.1 Å². The molecule has 8 nitrogen and oxygen atoms in total. The minimum absolute atomic E-state index is 0.00830. The third kappa shape index (κ3) is 34.4. The number of guanidine groups is 1. The van der Waals surface area contributed by atoms with Crippen molar-refractivity contribution in [3.8, 4) is 0 Å². The normalized spacial score (nSPS) is 12.4. The van der Waals surface area contributed by atoms with E-state index in [0.717, 1.165) is 84.0 Å². The number of carbonyl (C=O) groups excluding carboxylic acids is 2. The molecule has 1 unspecified atom stereocenters. The zero-order chi connectivity index (χ0) is 36.0. The molecule has 1 atom stereocenters. The number of nitrogens with two attached hydrogens (primary N) is 1. The molecule has 0 aliphatic carbocycles. The Morgan fingerprint density at radius 2 is 1.04 bits per heavy atom. The zero-order valence-corrected chi connectivity index (χ0v) is 33.0. The fraction of sp³-hybridized carbons (Fsp3) is 0.927. The summed E-state index contributed by atoms with van der Waals surface area (Å²) in [5.74, 6) is 0.483. The number of nitrogens with zero attached hydrogens (tertiary/aromatic N) is 2. The lowest BCUT2D eigenvalue weighted by Gasteiger charge is -2.22. The summed E-state index contributed by atoms with van der Waals surface area (Å²) in [6.07, 6.45) is 31.3. The number of hydrogen-bond donors (Lipinski definition) is 2. The van der Waals surface area contributed by atoms with Crippen molar-refractivity contribution in [2.75, 3.05) is 39.8 Å². The van der Waals surface area contributed by atoms with Crippen molar-refractivity contribution >= 4 is 17.9 Å². The molecule has 0 saturated heterocycles. The molecule has 0 aliphatic heterocycles. The Hall–Kier alpha value is -1.83. The van der Waals surface area contributed by atoms with Crippen LogP contribution in [0.4, 0.5) is 0 Å².